The number of nitrogens with zero attached hydrogens (tertiary/aromatic N) is 3. The van der Waals surface area contributed by atoms with E-state index in [2.05, 4.69) is 27.0 Å². The average Bonchev–Trinajstić information content (AvgIpc) is 2.73. The van der Waals surface area contributed by atoms with E-state index in [-0.39, 0.29) is 0 Å². The van der Waals surface area contributed by atoms with E-state index in [1.807, 2.05) is 36.7 Å². The summed E-state index contributed by atoms with van der Waals surface area (Å²) >= 11 is 12.8. The van der Waals surface area contributed by atoms with Crippen molar-refractivity contribution in [2.24, 2.45) is 0 Å². The van der Waals surface area contributed by atoms with Gasteiger partial charge in [-0.25, -0.2) is 0 Å². The summed E-state index contributed by atoms with van der Waals surface area (Å²) < 4.78 is 5.56. The number of pyridine rings is 2. The van der Waals surface area contributed by atoms with Crippen molar-refractivity contribution in [1.29, 1.82) is 0 Å². The summed E-state index contributed by atoms with van der Waals surface area (Å²) in [5.41, 5.74) is 2.67. The summed E-state index contributed by atoms with van der Waals surface area (Å²) in [7, 11) is 0. The van der Waals surface area contributed by atoms with Crippen LogP contribution >= 0.6 is 23.2 Å². The second-order valence-electron chi connectivity index (χ2n) is 6.94. The molecule has 6 heteroatoms. The van der Waals surface area contributed by atoms with Crippen LogP contribution in [0.2, 0.25) is 10.0 Å². The summed E-state index contributed by atoms with van der Waals surface area (Å²) in [6.45, 7) is 3.95. The topological polar surface area (TPSA) is 38.2 Å². The molecule has 144 valence electrons. The summed E-state index contributed by atoms with van der Waals surface area (Å²) in [6, 6.07) is 13.9. The number of morpholine rings is 1. The van der Waals surface area contributed by atoms with E-state index in [9.17, 15) is 0 Å². The Morgan fingerprint density at radius 2 is 1.43 bits per heavy atom. The SMILES string of the molecule is Clc1cc(Cl)cc(C(CN2CCOCC2)(c2cccnc2)c2cccnc2)c1. The van der Waals surface area contributed by atoms with E-state index in [4.69, 9.17) is 27.9 Å². The molecule has 0 amide bonds. The standard InChI is InChI=1S/C22H21Cl2N3O/c23-20-11-19(12-21(24)13-20)22(17-3-1-5-25-14-17,18-4-2-6-26-15-18)16-27-7-9-28-10-8-27/h1-6,11-15H,7-10,16H2. The molecule has 0 N–H and O–H groups in total. The van der Waals surface area contributed by atoms with Gasteiger partial charge in [-0.1, -0.05) is 35.3 Å². The Kier molecular flexibility index (Phi) is 5.93. The maximum Gasteiger partial charge on any atom is 0.0609 e. The largest absolute Gasteiger partial charge is 0.379 e. The first-order chi connectivity index (χ1) is 13.7. The van der Waals surface area contributed by atoms with Crippen molar-refractivity contribution in [1.82, 2.24) is 14.9 Å². The molecule has 2 aromatic heterocycles. The lowest BCUT2D eigenvalue weighted by Gasteiger charge is -2.41. The Morgan fingerprint density at radius 1 is 0.857 bits per heavy atom. The van der Waals surface area contributed by atoms with Gasteiger partial charge in [0.15, 0.2) is 0 Å². The van der Waals surface area contributed by atoms with Gasteiger partial charge in [0, 0.05) is 54.5 Å². The van der Waals surface area contributed by atoms with Crippen LogP contribution < -0.4 is 0 Å². The van der Waals surface area contributed by atoms with Crippen LogP contribution in [0.1, 0.15) is 16.7 Å². The van der Waals surface area contributed by atoms with Crippen LogP contribution in [0.5, 0.6) is 0 Å². The average molecular weight is 414 g/mol. The first-order valence-electron chi connectivity index (χ1n) is 9.26. The normalized spacial score (nSPS) is 15.5. The van der Waals surface area contributed by atoms with Gasteiger partial charge in [-0.3, -0.25) is 14.9 Å². The molecule has 3 heterocycles. The highest BCUT2D eigenvalue weighted by atomic mass is 35.5. The molecule has 28 heavy (non-hydrogen) atoms. The van der Waals surface area contributed by atoms with E-state index in [1.165, 1.54) is 0 Å². The fourth-order valence-electron chi connectivity index (χ4n) is 3.90. The highest BCUT2D eigenvalue weighted by Crippen LogP contribution is 2.41. The number of rotatable bonds is 5. The van der Waals surface area contributed by atoms with Gasteiger partial charge in [-0.05, 0) is 47.0 Å². The fraction of sp³-hybridized carbons (Fsp3) is 0.273. The molecule has 0 spiro atoms. The number of hydrogen-bond donors (Lipinski definition) is 0. The van der Waals surface area contributed by atoms with Gasteiger partial charge in [0.1, 0.15) is 0 Å². The van der Waals surface area contributed by atoms with Gasteiger partial charge >= 0.3 is 0 Å². The molecule has 3 aromatic rings. The third-order valence-corrected chi connectivity index (χ3v) is 5.66. The Hall–Kier alpha value is -1.98. The van der Waals surface area contributed by atoms with Crippen LogP contribution in [-0.4, -0.2) is 47.7 Å². The van der Waals surface area contributed by atoms with Crippen molar-refractivity contribution >= 4 is 23.2 Å². The summed E-state index contributed by atoms with van der Waals surface area (Å²) in [5.74, 6) is 0. The van der Waals surface area contributed by atoms with E-state index in [0.717, 1.165) is 49.5 Å². The van der Waals surface area contributed by atoms with Crippen LogP contribution in [-0.2, 0) is 10.2 Å². The van der Waals surface area contributed by atoms with Crippen LogP contribution in [0.4, 0.5) is 0 Å². The molecule has 1 aliphatic heterocycles. The van der Waals surface area contributed by atoms with E-state index < -0.39 is 5.41 Å². The van der Waals surface area contributed by atoms with Crippen LogP contribution in [0.15, 0.2) is 67.3 Å². The lowest BCUT2D eigenvalue weighted by Crippen LogP contribution is -2.47. The number of ether oxygens (including phenoxy) is 1. The molecule has 4 rings (SSSR count). The maximum atomic E-state index is 6.42. The van der Waals surface area contributed by atoms with Gasteiger partial charge in [-0.2, -0.15) is 0 Å². The van der Waals surface area contributed by atoms with Crippen LogP contribution in [0.25, 0.3) is 0 Å². The number of hydrogen-bond acceptors (Lipinski definition) is 4. The smallest absolute Gasteiger partial charge is 0.0609 e. The minimum Gasteiger partial charge on any atom is -0.379 e. The van der Waals surface area contributed by atoms with Crippen molar-refractivity contribution in [2.45, 2.75) is 5.41 Å². The number of benzene rings is 1. The maximum absolute atomic E-state index is 6.42. The van der Waals surface area contributed by atoms with Gasteiger partial charge in [0.25, 0.3) is 0 Å². The fourth-order valence-corrected chi connectivity index (χ4v) is 4.43. The Balaban J connectivity index is 1.96. The van der Waals surface area contributed by atoms with E-state index in [0.29, 0.717) is 10.0 Å². The van der Waals surface area contributed by atoms with Crippen molar-refractivity contribution in [3.63, 3.8) is 0 Å². The minimum absolute atomic E-state index is 0.506. The Bertz CT molecular complexity index is 856. The highest BCUT2D eigenvalue weighted by Gasteiger charge is 2.39. The zero-order valence-electron chi connectivity index (χ0n) is 15.4. The number of aromatic nitrogens is 2. The zero-order chi connectivity index (χ0) is 19.4. The zero-order valence-corrected chi connectivity index (χ0v) is 16.9. The summed E-state index contributed by atoms with van der Waals surface area (Å²) in [6.07, 6.45) is 7.42. The lowest BCUT2D eigenvalue weighted by molar-refractivity contribution is 0.0323. The monoisotopic (exact) mass is 413 g/mol. The van der Waals surface area contributed by atoms with Gasteiger partial charge in [0.2, 0.25) is 0 Å². The molecule has 1 aromatic carbocycles. The predicted octanol–water partition coefficient (Wildman–Crippen LogP) is 4.45. The highest BCUT2D eigenvalue weighted by molar-refractivity contribution is 6.34. The van der Waals surface area contributed by atoms with Crippen molar-refractivity contribution in [2.75, 3.05) is 32.8 Å². The molecule has 0 atom stereocenters. The molecule has 0 saturated carbocycles. The van der Waals surface area contributed by atoms with Crippen molar-refractivity contribution in [3.8, 4) is 0 Å². The molecular weight excluding hydrogens is 393 g/mol. The quantitative estimate of drug-likeness (QED) is 0.619. The third kappa shape index (κ3) is 3.91. The third-order valence-electron chi connectivity index (χ3n) is 5.23. The van der Waals surface area contributed by atoms with E-state index >= 15 is 0 Å². The van der Waals surface area contributed by atoms with Gasteiger partial charge in [-0.15, -0.1) is 0 Å². The van der Waals surface area contributed by atoms with Crippen molar-refractivity contribution < 1.29 is 4.74 Å². The molecule has 1 fully saturated rings. The van der Waals surface area contributed by atoms with Crippen LogP contribution in [0, 0.1) is 0 Å². The molecule has 0 bridgehead atoms. The first kappa shape index (κ1) is 19.3. The molecule has 1 aliphatic rings. The van der Waals surface area contributed by atoms with E-state index in [1.54, 1.807) is 18.5 Å². The van der Waals surface area contributed by atoms with Gasteiger partial charge < -0.3 is 4.74 Å². The lowest BCUT2D eigenvalue weighted by atomic mass is 9.70. The molecule has 1 saturated heterocycles. The van der Waals surface area contributed by atoms with Gasteiger partial charge in [0.05, 0.1) is 18.6 Å². The number of halogens is 2. The van der Waals surface area contributed by atoms with Crippen LogP contribution in [0.3, 0.4) is 0 Å². The molecule has 0 radical (unpaired) electrons. The minimum atomic E-state index is -0.506. The summed E-state index contributed by atoms with van der Waals surface area (Å²) in [5, 5.41) is 1.23. The van der Waals surface area contributed by atoms with Crippen molar-refractivity contribution in [3.05, 3.63) is 94.0 Å². The molecule has 4 nitrogen and oxygen atoms in total. The molecule has 0 unspecified atom stereocenters. The summed E-state index contributed by atoms with van der Waals surface area (Å²) in [4.78, 5) is 11.2. The Labute approximate surface area is 175 Å². The second kappa shape index (κ2) is 8.58. The first-order valence-corrected chi connectivity index (χ1v) is 10.0. The molecular formula is C22H21Cl2N3O. The Morgan fingerprint density at radius 3 is 1.93 bits per heavy atom. The predicted molar refractivity (Wildman–Crippen MR) is 112 cm³/mol. The molecule has 0 aliphatic carbocycles. The second-order valence-corrected chi connectivity index (χ2v) is 7.81.